The Morgan fingerprint density at radius 2 is 1.02 bits per heavy atom. The number of phenols is 1. The van der Waals surface area contributed by atoms with Gasteiger partial charge in [-0.2, -0.15) is 0 Å². The van der Waals surface area contributed by atoms with Crippen LogP contribution < -0.4 is 59.3 Å². The summed E-state index contributed by atoms with van der Waals surface area (Å²) >= 11 is 0.790. The second kappa shape index (κ2) is 48.7. The number of aromatic nitrogens is 1. The number of halogens is 2. The third-order valence-electron chi connectivity index (χ3n) is 23.6. The molecule has 6 aromatic rings. The lowest BCUT2D eigenvalue weighted by atomic mass is 9.98. The number of phenolic OH excluding ortho intramolecular Hbond substituents is 1. The lowest BCUT2D eigenvalue weighted by Crippen LogP contribution is -2.62. The van der Waals surface area contributed by atoms with E-state index >= 15 is 47.9 Å². The molecule has 3 saturated heterocycles. The van der Waals surface area contributed by atoms with Crippen molar-refractivity contribution in [2.45, 2.75) is 216 Å². The van der Waals surface area contributed by atoms with Crippen molar-refractivity contribution in [2.24, 2.45) is 23.3 Å². The van der Waals surface area contributed by atoms with Gasteiger partial charge in [-0.25, -0.2) is 8.78 Å². The highest BCUT2D eigenvalue weighted by Crippen LogP contribution is 2.28. The molecule has 706 valence electrons. The van der Waals surface area contributed by atoms with Gasteiger partial charge in [-0.1, -0.05) is 132 Å². The quantitative estimate of drug-likeness (QED) is 0.0414. The lowest BCUT2D eigenvalue weighted by Gasteiger charge is -2.38. The summed E-state index contributed by atoms with van der Waals surface area (Å²) in [6, 6.07) is 11.5. The summed E-state index contributed by atoms with van der Waals surface area (Å²) in [4.78, 5) is 246. The summed E-state index contributed by atoms with van der Waals surface area (Å²) in [6.45, 7) is 7.61. The Morgan fingerprint density at radius 3 is 1.60 bits per heavy atom. The first-order valence-electron chi connectivity index (χ1n) is 44.2. The largest absolute Gasteiger partial charge is 0.508 e. The number of likely N-dealkylation sites (N-methyl/N-ethyl adjacent to an activating group) is 3. The van der Waals surface area contributed by atoms with E-state index in [2.05, 4.69) is 52.8 Å². The first-order chi connectivity index (χ1) is 62.4. The van der Waals surface area contributed by atoms with Crippen LogP contribution in [0, 0.1) is 23.5 Å². The van der Waals surface area contributed by atoms with Crippen LogP contribution in [0.15, 0.2) is 134 Å². The van der Waals surface area contributed by atoms with Crippen LogP contribution in [0.2, 0.25) is 0 Å². The Bertz CT molecular complexity index is 5030. The van der Waals surface area contributed by atoms with Gasteiger partial charge in [0.1, 0.15) is 95.9 Å². The zero-order chi connectivity index (χ0) is 95.4. The Hall–Kier alpha value is -12.9. The van der Waals surface area contributed by atoms with Crippen LogP contribution in [0.4, 0.5) is 8.78 Å². The van der Waals surface area contributed by atoms with Gasteiger partial charge in [-0.05, 0) is 140 Å². The molecule has 0 saturated carbocycles. The molecule has 38 heteroatoms. The first-order valence-corrected chi connectivity index (χ1v) is 45.3. The van der Waals surface area contributed by atoms with E-state index in [1.807, 2.05) is 6.92 Å². The topological polar surface area (TPSA) is 506 Å². The first kappa shape index (κ1) is 102. The number of H-pyrrole nitrogens is 1. The molecule has 1 aromatic heterocycles. The predicted molar refractivity (Wildman–Crippen MR) is 483 cm³/mol. The zero-order valence-electron chi connectivity index (χ0n) is 74.9. The minimum absolute atomic E-state index is 0.00255. The highest BCUT2D eigenvalue weighted by molar-refractivity contribution is 8.00. The summed E-state index contributed by atoms with van der Waals surface area (Å²) in [5.41, 5.74) is 14.3. The van der Waals surface area contributed by atoms with Gasteiger partial charge in [0.2, 0.25) is 88.6 Å². The molecule has 0 bridgehead atoms. The van der Waals surface area contributed by atoms with Gasteiger partial charge in [-0.15, -0.1) is 11.8 Å². The number of amides is 15. The Kier molecular flexibility index (Phi) is 37.9. The predicted octanol–water partition coefficient (Wildman–Crippen LogP) is 2.46. The number of rotatable bonds is 24. The smallest absolute Gasteiger partial charge is 0.305 e. The number of hydrogen-bond acceptors (Lipinski definition) is 19. The molecule has 131 heavy (non-hydrogen) atoms. The number of nitrogens with two attached hydrogens (primary N) is 2. The molecule has 15 amide bonds. The highest BCUT2D eigenvalue weighted by Gasteiger charge is 2.46. The van der Waals surface area contributed by atoms with Gasteiger partial charge >= 0.3 is 5.97 Å². The Labute approximate surface area is 763 Å². The molecule has 16 N–H and O–H groups in total. The molecule has 3 aliphatic rings. The third-order valence-corrected chi connectivity index (χ3v) is 24.7. The standard InChI is InChI=1S/C93H121F2N17O18S/c1-9-10-24-74-92(129)112-41-18-26-73(112)87(124)105-69(48-79(116)117)85(122)107-80(54(4)5)93(130)109(7)75(45-58-29-35-61(95)36-30-58)88(125)101-65(23-16-39-96)90(127)111-40-17-25-72(111)86(123)104-68(47-59-49-98-64-22-15-14-21-63(59)64)84(121)103-67(43-57-31-37-62(113)38-32-57)83(120)102-66(42-53(2)3)82(119)106-71(81(118)99-50-77(97)114)51-131-52-78(115)100-70(44-56-27-33-60(94)34-28-56)89(126)110(8)76(91(128)108(74)6)46-55-19-12-11-13-20-55/h11-15,19-22,27-38,49,53-54,65-76,80,98,113H,9-10,16-18,23-26,39-48,50-52,96H2,1-8H3,(H2,97,114)(H,99,118)(H,100,115)(H,101,125)(H,102,120)(H,103,121)(H,104,123)(H,105,124)(H,106,119)(H,107,122)(H,116,117)/t65-,66-,67-,68-,69-,70-,71-,72+,73+,74-,75-,76-,80-/m0/s1. The van der Waals surface area contributed by atoms with E-state index in [0.29, 0.717) is 51.6 Å². The van der Waals surface area contributed by atoms with Crippen LogP contribution in [-0.2, 0) is 109 Å². The maximum absolute atomic E-state index is 15.7. The molecule has 3 fully saturated rings. The fourth-order valence-corrected chi connectivity index (χ4v) is 17.3. The number of fused-ring (bicyclic) bond motifs is 3. The van der Waals surface area contributed by atoms with Crippen LogP contribution in [0.3, 0.4) is 0 Å². The average Bonchev–Trinajstić information content (AvgIpc) is 1.52. The van der Waals surface area contributed by atoms with Crippen LogP contribution in [0.5, 0.6) is 5.75 Å². The number of carbonyl (C=O) groups is 16. The monoisotopic (exact) mass is 1830 g/mol. The number of carbonyl (C=O) groups excluding carboxylic acids is 15. The fourth-order valence-electron chi connectivity index (χ4n) is 16.4. The van der Waals surface area contributed by atoms with Crippen molar-refractivity contribution in [3.63, 3.8) is 0 Å². The third kappa shape index (κ3) is 28.8. The Balaban J connectivity index is 1.12. The van der Waals surface area contributed by atoms with Crippen molar-refractivity contribution in [1.29, 1.82) is 0 Å². The van der Waals surface area contributed by atoms with E-state index in [1.54, 1.807) is 88.5 Å². The number of carboxylic acids is 1. The molecule has 5 aromatic carbocycles. The van der Waals surface area contributed by atoms with Gasteiger partial charge in [0.05, 0.1) is 18.7 Å². The van der Waals surface area contributed by atoms with Crippen molar-refractivity contribution in [1.82, 2.24) is 77.3 Å². The SMILES string of the molecule is CCCC[C@H]1C(=O)N2CCC[C@@H]2C(=O)N[C@@H](CC(=O)O)C(=O)N[C@@H](C(C)C)C(=O)N(C)[C@@H](Cc2ccc(F)cc2)C(=O)N[C@@H](CCCN)C(=O)N2CCC[C@@H]2C(=O)N[C@@H](Cc2c[nH]c3ccccc23)C(=O)N[C@@H](Cc2ccc(O)cc2)C(=O)N[C@@H](CC(C)C)C(=O)N[C@H](C(=O)NCC(N)=O)CSCC(=O)N[C@@H](Cc2ccc(F)cc2)C(=O)N(C)[C@@H](Cc2ccccc2)C(=O)N1C. The van der Waals surface area contributed by atoms with Crippen molar-refractivity contribution >= 4 is 117 Å². The molecule has 0 radical (unpaired) electrons. The number of thioether (sulfide) groups is 1. The maximum Gasteiger partial charge on any atom is 0.305 e. The number of benzene rings is 5. The summed E-state index contributed by atoms with van der Waals surface area (Å²) in [5, 5.41) is 45.5. The highest BCUT2D eigenvalue weighted by atomic mass is 32.2. The van der Waals surface area contributed by atoms with Crippen LogP contribution in [0.1, 0.15) is 133 Å². The number of carboxylic acid groups (broad SMARTS) is 1. The van der Waals surface area contributed by atoms with Gasteiger partial charge in [0, 0.05) is 89.2 Å². The molecule has 0 spiro atoms. The number of aromatic hydroxyl groups is 1. The summed E-state index contributed by atoms with van der Waals surface area (Å²) in [6.07, 6.45) is 0.472. The van der Waals surface area contributed by atoms with Crippen LogP contribution in [0.25, 0.3) is 10.9 Å². The molecule has 35 nitrogen and oxygen atoms in total. The van der Waals surface area contributed by atoms with Crippen LogP contribution >= 0.6 is 11.8 Å². The summed E-state index contributed by atoms with van der Waals surface area (Å²) in [5.74, 6) is -18.7. The number of aromatic amines is 1. The average molecular weight is 1840 g/mol. The zero-order valence-corrected chi connectivity index (χ0v) is 75.7. The second-order valence-electron chi connectivity index (χ2n) is 34.3. The molecule has 3 aliphatic heterocycles. The minimum atomic E-state index is -1.92. The molecule has 13 atom stereocenters. The van der Waals surface area contributed by atoms with Gasteiger partial charge < -0.3 is 99.0 Å². The molecular formula is C93H121F2N17O18S. The number of primary amides is 1. The number of nitrogens with zero attached hydrogens (tertiary/aromatic N) is 5. The molecule has 0 unspecified atom stereocenters. The van der Waals surface area contributed by atoms with E-state index < -0.39 is 215 Å². The normalized spacial score (nSPS) is 23.8. The minimum Gasteiger partial charge on any atom is -0.508 e. The van der Waals surface area contributed by atoms with Crippen molar-refractivity contribution in [3.05, 3.63) is 173 Å². The molecule has 9 rings (SSSR count). The summed E-state index contributed by atoms with van der Waals surface area (Å²) in [7, 11) is 3.94. The molecular weight excluding hydrogens is 1710 g/mol. The number of unbranched alkanes of at least 4 members (excludes halogenated alkanes) is 1. The van der Waals surface area contributed by atoms with Crippen molar-refractivity contribution < 1.29 is 95.7 Å². The van der Waals surface area contributed by atoms with Crippen LogP contribution in [-0.4, -0.2) is 272 Å². The fraction of sp³-hybridized carbons (Fsp3) is 0.484. The van der Waals surface area contributed by atoms with Gasteiger partial charge in [0.25, 0.3) is 0 Å². The van der Waals surface area contributed by atoms with E-state index in [9.17, 15) is 47.8 Å². The summed E-state index contributed by atoms with van der Waals surface area (Å²) < 4.78 is 29.3. The lowest BCUT2D eigenvalue weighted by molar-refractivity contribution is -0.152. The molecule has 0 aliphatic carbocycles. The Morgan fingerprint density at radius 1 is 0.511 bits per heavy atom. The maximum atomic E-state index is 15.7. The van der Waals surface area contributed by atoms with Crippen molar-refractivity contribution in [3.8, 4) is 5.75 Å². The number of para-hydroxylation sites is 1. The van der Waals surface area contributed by atoms with Gasteiger partial charge in [-0.3, -0.25) is 76.7 Å². The number of nitrogens with one attached hydrogen (secondary N) is 10. The second-order valence-corrected chi connectivity index (χ2v) is 35.3. The van der Waals surface area contributed by atoms with E-state index in [1.165, 1.54) is 84.4 Å². The van der Waals surface area contributed by atoms with E-state index in [4.69, 9.17) is 11.5 Å². The van der Waals surface area contributed by atoms with Gasteiger partial charge in [0.15, 0.2) is 0 Å². The number of hydrogen-bond donors (Lipinski definition) is 14. The molecule has 4 heterocycles. The number of aliphatic carboxylic acids is 1. The van der Waals surface area contributed by atoms with E-state index in [-0.39, 0.29) is 115 Å². The van der Waals surface area contributed by atoms with E-state index in [0.717, 1.165) is 45.8 Å². The van der Waals surface area contributed by atoms with Crippen molar-refractivity contribution in [2.75, 3.05) is 58.8 Å².